The molecule has 0 N–H and O–H groups in total. The van der Waals surface area contributed by atoms with Gasteiger partial charge in [0.25, 0.3) is 12.5 Å². The molecule has 4 nitrogen and oxygen atoms in total. The van der Waals surface area contributed by atoms with E-state index in [-0.39, 0.29) is 11.5 Å². The highest BCUT2D eigenvalue weighted by Crippen LogP contribution is 2.27. The van der Waals surface area contributed by atoms with Crippen LogP contribution in [0.4, 0.5) is 0 Å². The Hall–Kier alpha value is -2.20. The molecule has 0 aliphatic heterocycles. The van der Waals surface area contributed by atoms with Gasteiger partial charge in [-0.1, -0.05) is 6.07 Å². The highest BCUT2D eigenvalue weighted by molar-refractivity contribution is 5.43. The van der Waals surface area contributed by atoms with Crippen molar-refractivity contribution in [2.75, 3.05) is 0 Å². The van der Waals surface area contributed by atoms with E-state index in [1.807, 2.05) is 6.92 Å². The molecule has 0 heterocycles. The van der Waals surface area contributed by atoms with Crippen LogP contribution in [0.5, 0.6) is 11.5 Å². The van der Waals surface area contributed by atoms with Gasteiger partial charge in [0, 0.05) is 0 Å². The van der Waals surface area contributed by atoms with Gasteiger partial charge in [0.2, 0.25) is 0 Å². The molecule has 13 heavy (non-hydrogen) atoms. The van der Waals surface area contributed by atoms with Gasteiger partial charge in [-0.3, -0.25) is 0 Å². The van der Waals surface area contributed by atoms with Crippen LogP contribution < -0.4 is 9.47 Å². The monoisotopic (exact) mass is 174 g/mol. The van der Waals surface area contributed by atoms with E-state index >= 15 is 0 Å². The van der Waals surface area contributed by atoms with Crippen molar-refractivity contribution < 1.29 is 9.47 Å². The van der Waals surface area contributed by atoms with Crippen LogP contribution in [0.3, 0.4) is 0 Å². The topological polar surface area (TPSA) is 66.0 Å². The molecule has 0 atom stereocenters. The minimum Gasteiger partial charge on any atom is -0.384 e. The number of nitriles is 2. The standard InChI is InChI=1S/C9H6N2O2/c1-7-2-3-8(12-5-10)9(4-7)13-6-11/h2-4H,1H3. The van der Waals surface area contributed by atoms with E-state index in [0.717, 1.165) is 5.56 Å². The molecule has 0 amide bonds. The predicted octanol–water partition coefficient (Wildman–Crippen LogP) is 1.71. The summed E-state index contributed by atoms with van der Waals surface area (Å²) in [6, 6.07) is 4.96. The summed E-state index contributed by atoms with van der Waals surface area (Å²) in [5, 5.41) is 16.6. The van der Waals surface area contributed by atoms with Crippen LogP contribution in [0.2, 0.25) is 0 Å². The van der Waals surface area contributed by atoms with Gasteiger partial charge in [0.15, 0.2) is 11.5 Å². The first-order valence-corrected chi connectivity index (χ1v) is 3.50. The number of ether oxygens (including phenoxy) is 2. The Balaban J connectivity index is 3.06. The van der Waals surface area contributed by atoms with Gasteiger partial charge < -0.3 is 9.47 Å². The molecular weight excluding hydrogens is 168 g/mol. The second kappa shape index (κ2) is 3.99. The van der Waals surface area contributed by atoms with E-state index in [4.69, 9.17) is 10.5 Å². The minimum absolute atomic E-state index is 0.245. The van der Waals surface area contributed by atoms with E-state index in [2.05, 4.69) is 9.47 Å². The maximum atomic E-state index is 8.29. The predicted molar refractivity (Wildman–Crippen MR) is 43.7 cm³/mol. The number of aryl methyl sites for hydroxylation is 1. The van der Waals surface area contributed by atoms with E-state index in [0.29, 0.717) is 0 Å². The fourth-order valence-corrected chi connectivity index (χ4v) is 0.878. The lowest BCUT2D eigenvalue weighted by Gasteiger charge is -2.02. The van der Waals surface area contributed by atoms with Crippen LogP contribution in [-0.4, -0.2) is 0 Å². The number of hydrogen-bond acceptors (Lipinski definition) is 4. The molecule has 0 unspecified atom stereocenters. The molecule has 0 aromatic heterocycles. The first kappa shape index (κ1) is 8.89. The van der Waals surface area contributed by atoms with Gasteiger partial charge in [-0.2, -0.15) is 0 Å². The van der Waals surface area contributed by atoms with Gasteiger partial charge >= 0.3 is 0 Å². The number of nitrogens with zero attached hydrogens (tertiary/aromatic N) is 2. The average Bonchev–Trinajstić information content (AvgIpc) is 2.10. The molecular formula is C9H6N2O2. The summed E-state index contributed by atoms with van der Waals surface area (Å²) >= 11 is 0. The summed E-state index contributed by atoms with van der Waals surface area (Å²) in [6.45, 7) is 1.85. The molecule has 1 aromatic carbocycles. The smallest absolute Gasteiger partial charge is 0.292 e. The van der Waals surface area contributed by atoms with E-state index in [1.54, 1.807) is 18.2 Å². The van der Waals surface area contributed by atoms with Gasteiger partial charge in [-0.05, 0) is 24.6 Å². The third-order valence-electron chi connectivity index (χ3n) is 1.41. The van der Waals surface area contributed by atoms with Crippen molar-refractivity contribution in [1.29, 1.82) is 10.5 Å². The lowest BCUT2D eigenvalue weighted by molar-refractivity contribution is 0.441. The van der Waals surface area contributed by atoms with Crippen LogP contribution >= 0.6 is 0 Å². The fourth-order valence-electron chi connectivity index (χ4n) is 0.878. The number of hydrogen-bond donors (Lipinski definition) is 0. The largest absolute Gasteiger partial charge is 0.384 e. The summed E-state index contributed by atoms with van der Waals surface area (Å²) in [6.07, 6.45) is 3.03. The maximum absolute atomic E-state index is 8.29. The lowest BCUT2D eigenvalue weighted by atomic mass is 10.2. The van der Waals surface area contributed by atoms with Crippen molar-refractivity contribution in [3.63, 3.8) is 0 Å². The molecule has 64 valence electrons. The SMILES string of the molecule is Cc1ccc(OC#N)c(OC#N)c1. The molecule has 1 aromatic rings. The van der Waals surface area contributed by atoms with Crippen molar-refractivity contribution >= 4 is 0 Å². The third kappa shape index (κ3) is 2.11. The molecule has 1 rings (SSSR count). The van der Waals surface area contributed by atoms with E-state index in [9.17, 15) is 0 Å². The second-order valence-corrected chi connectivity index (χ2v) is 2.34. The highest BCUT2D eigenvalue weighted by atomic mass is 16.5. The Morgan fingerprint density at radius 1 is 1.08 bits per heavy atom. The summed E-state index contributed by atoms with van der Waals surface area (Å²) in [4.78, 5) is 0. The third-order valence-corrected chi connectivity index (χ3v) is 1.41. The van der Waals surface area contributed by atoms with E-state index < -0.39 is 0 Å². The zero-order chi connectivity index (χ0) is 9.68. The molecule has 0 saturated heterocycles. The number of benzene rings is 1. The lowest BCUT2D eigenvalue weighted by Crippen LogP contribution is -1.89. The Labute approximate surface area is 75.5 Å². The van der Waals surface area contributed by atoms with Crippen LogP contribution in [0.15, 0.2) is 18.2 Å². The summed E-state index contributed by atoms with van der Waals surface area (Å²) < 4.78 is 9.17. The van der Waals surface area contributed by atoms with Gasteiger partial charge in [-0.15, -0.1) is 10.5 Å². The first-order chi connectivity index (χ1) is 6.27. The van der Waals surface area contributed by atoms with Gasteiger partial charge in [0.05, 0.1) is 0 Å². The molecule has 0 saturated carbocycles. The molecule has 0 bridgehead atoms. The van der Waals surface area contributed by atoms with Crippen LogP contribution in [-0.2, 0) is 0 Å². The summed E-state index contributed by atoms with van der Waals surface area (Å²) in [5.74, 6) is 0.499. The zero-order valence-electron chi connectivity index (χ0n) is 6.94. The second-order valence-electron chi connectivity index (χ2n) is 2.34. The summed E-state index contributed by atoms with van der Waals surface area (Å²) in [5.41, 5.74) is 0.926. The summed E-state index contributed by atoms with van der Waals surface area (Å²) in [7, 11) is 0. The Morgan fingerprint density at radius 3 is 2.31 bits per heavy atom. The maximum Gasteiger partial charge on any atom is 0.292 e. The number of rotatable bonds is 2. The molecule has 0 aliphatic carbocycles. The van der Waals surface area contributed by atoms with Crippen LogP contribution in [0.1, 0.15) is 5.56 Å². The van der Waals surface area contributed by atoms with Gasteiger partial charge in [0.1, 0.15) is 0 Å². The fraction of sp³-hybridized carbons (Fsp3) is 0.111. The van der Waals surface area contributed by atoms with Crippen molar-refractivity contribution in [2.45, 2.75) is 6.92 Å². The van der Waals surface area contributed by atoms with Crippen molar-refractivity contribution in [3.8, 4) is 24.0 Å². The van der Waals surface area contributed by atoms with E-state index in [1.165, 1.54) is 12.5 Å². The Bertz CT molecular complexity index is 388. The van der Waals surface area contributed by atoms with Crippen molar-refractivity contribution in [3.05, 3.63) is 23.8 Å². The molecule has 0 fully saturated rings. The molecule has 0 spiro atoms. The van der Waals surface area contributed by atoms with Gasteiger partial charge in [-0.25, -0.2) is 0 Å². The average molecular weight is 174 g/mol. The molecule has 0 radical (unpaired) electrons. The minimum atomic E-state index is 0.245. The first-order valence-electron chi connectivity index (χ1n) is 3.50. The van der Waals surface area contributed by atoms with Crippen LogP contribution in [0, 0.1) is 30.0 Å². The van der Waals surface area contributed by atoms with Crippen molar-refractivity contribution in [1.82, 2.24) is 0 Å². The molecule has 4 heteroatoms. The van der Waals surface area contributed by atoms with Crippen LogP contribution in [0.25, 0.3) is 0 Å². The van der Waals surface area contributed by atoms with Crippen molar-refractivity contribution in [2.24, 2.45) is 0 Å². The Kier molecular flexibility index (Phi) is 2.73. The normalized spacial score (nSPS) is 8.23. The Morgan fingerprint density at radius 2 is 1.69 bits per heavy atom. The highest BCUT2D eigenvalue weighted by Gasteiger charge is 2.05. The quantitative estimate of drug-likeness (QED) is 0.640. The zero-order valence-corrected chi connectivity index (χ0v) is 6.94. The molecule has 0 aliphatic rings.